The molecule has 0 saturated heterocycles. The molecule has 0 spiro atoms. The summed E-state index contributed by atoms with van der Waals surface area (Å²) in [6.07, 6.45) is 5.03. The first-order valence-electron chi connectivity index (χ1n) is 7.40. The van der Waals surface area contributed by atoms with Gasteiger partial charge in [-0.2, -0.15) is 0 Å². The van der Waals surface area contributed by atoms with Crippen LogP contribution in [0.25, 0.3) is 0 Å². The molecule has 3 heteroatoms. The van der Waals surface area contributed by atoms with Crippen LogP contribution in [0.4, 0.5) is 0 Å². The first-order valence-corrected chi connectivity index (χ1v) is 7.40. The second kappa shape index (κ2) is 5.96. The number of rotatable bonds is 4. The smallest absolute Gasteiger partial charge is 0.335 e. The lowest BCUT2D eigenvalue weighted by atomic mass is 9.75. The Morgan fingerprint density at radius 2 is 2.00 bits per heavy atom. The number of carbonyl (C=O) groups is 1. The highest BCUT2D eigenvalue weighted by atomic mass is 16.4. The zero-order chi connectivity index (χ0) is 14.8. The van der Waals surface area contributed by atoms with Crippen LogP contribution in [0.1, 0.15) is 55.5 Å². The highest BCUT2D eigenvalue weighted by Gasteiger charge is 2.28. The third-order valence-corrected chi connectivity index (χ3v) is 4.54. The summed E-state index contributed by atoms with van der Waals surface area (Å²) in [4.78, 5) is 13.4. The molecule has 110 valence electrons. The molecule has 1 fully saturated rings. The monoisotopic (exact) mass is 275 g/mol. The van der Waals surface area contributed by atoms with Gasteiger partial charge in [0.25, 0.3) is 0 Å². The van der Waals surface area contributed by atoms with Crippen LogP contribution in [-0.4, -0.2) is 29.1 Å². The predicted octanol–water partition coefficient (Wildman–Crippen LogP) is 3.79. The van der Waals surface area contributed by atoms with Crippen molar-refractivity contribution < 1.29 is 9.90 Å². The Kier molecular flexibility index (Phi) is 4.48. The minimum absolute atomic E-state index is 0.376. The molecule has 0 unspecified atom stereocenters. The van der Waals surface area contributed by atoms with Crippen molar-refractivity contribution in [2.24, 2.45) is 5.41 Å². The van der Waals surface area contributed by atoms with Crippen molar-refractivity contribution in [3.63, 3.8) is 0 Å². The van der Waals surface area contributed by atoms with Crippen molar-refractivity contribution in [2.45, 2.75) is 52.1 Å². The van der Waals surface area contributed by atoms with Gasteiger partial charge in [-0.05, 0) is 55.8 Å². The van der Waals surface area contributed by atoms with Crippen molar-refractivity contribution in [3.05, 3.63) is 35.4 Å². The Hall–Kier alpha value is -1.35. The molecule has 0 atom stereocenters. The third-order valence-electron chi connectivity index (χ3n) is 4.54. The standard InChI is InChI=1S/C17H25NO2/c1-17(2)9-7-15(8-10-17)18(3)12-13-5-4-6-14(11-13)16(19)20/h4-6,11,15H,7-10,12H2,1-3H3,(H,19,20). The molecule has 0 aliphatic heterocycles. The molecule has 20 heavy (non-hydrogen) atoms. The van der Waals surface area contributed by atoms with Gasteiger partial charge in [0.1, 0.15) is 0 Å². The first-order chi connectivity index (χ1) is 9.37. The summed E-state index contributed by atoms with van der Waals surface area (Å²) in [5, 5.41) is 9.04. The minimum Gasteiger partial charge on any atom is -0.478 e. The van der Waals surface area contributed by atoms with Crippen LogP contribution >= 0.6 is 0 Å². The highest BCUT2D eigenvalue weighted by molar-refractivity contribution is 5.87. The number of carboxylic acid groups (broad SMARTS) is 1. The topological polar surface area (TPSA) is 40.5 Å². The Morgan fingerprint density at radius 3 is 2.60 bits per heavy atom. The number of hydrogen-bond donors (Lipinski definition) is 1. The van der Waals surface area contributed by atoms with E-state index < -0.39 is 5.97 Å². The van der Waals surface area contributed by atoms with Gasteiger partial charge < -0.3 is 5.11 Å². The van der Waals surface area contributed by atoms with Crippen LogP contribution in [-0.2, 0) is 6.54 Å². The fraction of sp³-hybridized carbons (Fsp3) is 0.588. The van der Waals surface area contributed by atoms with Crippen LogP contribution in [0.5, 0.6) is 0 Å². The normalized spacial score (nSPS) is 19.2. The Labute approximate surface area is 121 Å². The molecule has 1 saturated carbocycles. The second-order valence-electron chi connectivity index (χ2n) is 6.82. The summed E-state index contributed by atoms with van der Waals surface area (Å²) in [6.45, 7) is 5.52. The van der Waals surface area contributed by atoms with Crippen LogP contribution in [0.15, 0.2) is 24.3 Å². The molecule has 0 bridgehead atoms. The largest absolute Gasteiger partial charge is 0.478 e. The average molecular weight is 275 g/mol. The van der Waals surface area contributed by atoms with E-state index in [9.17, 15) is 4.79 Å². The van der Waals surface area contributed by atoms with Crippen molar-refractivity contribution in [3.8, 4) is 0 Å². The van der Waals surface area contributed by atoms with Gasteiger partial charge in [0.05, 0.1) is 5.56 Å². The van der Waals surface area contributed by atoms with Gasteiger partial charge >= 0.3 is 5.97 Å². The average Bonchev–Trinajstić information content (AvgIpc) is 2.38. The maximum atomic E-state index is 11.0. The van der Waals surface area contributed by atoms with E-state index in [1.807, 2.05) is 12.1 Å². The van der Waals surface area contributed by atoms with Gasteiger partial charge in [0.15, 0.2) is 0 Å². The fourth-order valence-electron chi connectivity index (χ4n) is 3.04. The maximum absolute atomic E-state index is 11.0. The lowest BCUT2D eigenvalue weighted by molar-refractivity contribution is 0.0696. The van der Waals surface area contributed by atoms with Crippen molar-refractivity contribution >= 4 is 5.97 Å². The third kappa shape index (κ3) is 3.83. The molecular weight excluding hydrogens is 250 g/mol. The molecule has 1 aliphatic carbocycles. The van der Waals surface area contributed by atoms with E-state index in [1.165, 1.54) is 25.7 Å². The number of carboxylic acids is 1. The maximum Gasteiger partial charge on any atom is 0.335 e. The molecule has 0 amide bonds. The fourth-order valence-corrected chi connectivity index (χ4v) is 3.04. The highest BCUT2D eigenvalue weighted by Crippen LogP contribution is 2.36. The molecule has 1 N–H and O–H groups in total. The van der Waals surface area contributed by atoms with Crippen LogP contribution in [0.2, 0.25) is 0 Å². The SMILES string of the molecule is CN(Cc1cccc(C(=O)O)c1)C1CCC(C)(C)CC1. The predicted molar refractivity (Wildman–Crippen MR) is 80.9 cm³/mol. The summed E-state index contributed by atoms with van der Waals surface area (Å²) >= 11 is 0. The number of benzene rings is 1. The number of hydrogen-bond acceptors (Lipinski definition) is 2. The van der Waals surface area contributed by atoms with Gasteiger partial charge in [-0.25, -0.2) is 4.79 Å². The number of nitrogens with zero attached hydrogens (tertiary/aromatic N) is 1. The Morgan fingerprint density at radius 1 is 1.35 bits per heavy atom. The van der Waals surface area contributed by atoms with Crippen LogP contribution in [0.3, 0.4) is 0 Å². The van der Waals surface area contributed by atoms with Crippen molar-refractivity contribution in [1.29, 1.82) is 0 Å². The first kappa shape index (κ1) is 15.0. The van der Waals surface area contributed by atoms with Gasteiger partial charge in [0, 0.05) is 12.6 Å². The Balaban J connectivity index is 1.96. The zero-order valence-electron chi connectivity index (χ0n) is 12.7. The lowest BCUT2D eigenvalue weighted by Crippen LogP contribution is -2.36. The second-order valence-corrected chi connectivity index (χ2v) is 6.82. The van der Waals surface area contributed by atoms with E-state index in [0.29, 0.717) is 17.0 Å². The van der Waals surface area contributed by atoms with Crippen molar-refractivity contribution in [2.75, 3.05) is 7.05 Å². The summed E-state index contributed by atoms with van der Waals surface area (Å²) in [7, 11) is 2.15. The summed E-state index contributed by atoms with van der Waals surface area (Å²) in [5.41, 5.74) is 1.94. The summed E-state index contributed by atoms with van der Waals surface area (Å²) in [5.74, 6) is -0.853. The van der Waals surface area contributed by atoms with E-state index in [-0.39, 0.29) is 0 Å². The van der Waals surface area contributed by atoms with Gasteiger partial charge in [-0.1, -0.05) is 26.0 Å². The van der Waals surface area contributed by atoms with Gasteiger partial charge in [-0.15, -0.1) is 0 Å². The van der Waals surface area contributed by atoms with Crippen molar-refractivity contribution in [1.82, 2.24) is 4.90 Å². The molecule has 1 aromatic carbocycles. The van der Waals surface area contributed by atoms with Gasteiger partial charge in [-0.3, -0.25) is 4.90 Å². The van der Waals surface area contributed by atoms with Crippen LogP contribution < -0.4 is 0 Å². The number of aromatic carboxylic acids is 1. The van der Waals surface area contributed by atoms with E-state index in [2.05, 4.69) is 25.8 Å². The molecule has 0 radical (unpaired) electrons. The van der Waals surface area contributed by atoms with Crippen LogP contribution in [0, 0.1) is 5.41 Å². The van der Waals surface area contributed by atoms with E-state index in [1.54, 1.807) is 12.1 Å². The molecule has 0 heterocycles. The molecule has 3 nitrogen and oxygen atoms in total. The van der Waals surface area contributed by atoms with E-state index in [4.69, 9.17) is 5.11 Å². The van der Waals surface area contributed by atoms with Gasteiger partial charge in [0.2, 0.25) is 0 Å². The van der Waals surface area contributed by atoms with E-state index in [0.717, 1.165) is 12.1 Å². The molecular formula is C17H25NO2. The Bertz CT molecular complexity index is 472. The molecule has 2 rings (SSSR count). The molecule has 1 aliphatic rings. The quantitative estimate of drug-likeness (QED) is 0.909. The summed E-state index contributed by atoms with van der Waals surface area (Å²) in [6, 6.07) is 7.89. The molecule has 0 aromatic heterocycles. The lowest BCUT2D eigenvalue weighted by Gasteiger charge is -2.38. The zero-order valence-corrected chi connectivity index (χ0v) is 12.7. The van der Waals surface area contributed by atoms with E-state index >= 15 is 0 Å². The summed E-state index contributed by atoms with van der Waals surface area (Å²) < 4.78 is 0. The minimum atomic E-state index is -0.853. The molecule has 1 aromatic rings.